The highest BCUT2D eigenvalue weighted by molar-refractivity contribution is 7.99. The number of carbonyl (C=O) groups is 2. The molecule has 3 amide bonds. The highest BCUT2D eigenvalue weighted by Crippen LogP contribution is 2.35. The van der Waals surface area contributed by atoms with Crippen molar-refractivity contribution in [2.45, 2.75) is 31.3 Å². The maximum Gasteiger partial charge on any atom is 0.319 e. The van der Waals surface area contributed by atoms with Crippen LogP contribution in [0.2, 0.25) is 0 Å². The molecule has 4 rings (SSSR count). The number of benzene rings is 1. The van der Waals surface area contributed by atoms with E-state index in [0.29, 0.717) is 23.7 Å². The Morgan fingerprint density at radius 3 is 3.12 bits per heavy atom. The van der Waals surface area contributed by atoms with E-state index in [2.05, 4.69) is 20.2 Å². The second kappa shape index (κ2) is 6.56. The number of nitrogens with one attached hydrogen (secondary N) is 2. The SMILES string of the molecule is C[C@H]1Oc2cc(NC(=O)NCc3cn4c(n3)SCC4)ccc2N(C)C1=O. The molecule has 0 saturated carbocycles. The smallest absolute Gasteiger partial charge is 0.319 e. The molecule has 8 nitrogen and oxygen atoms in total. The summed E-state index contributed by atoms with van der Waals surface area (Å²) in [7, 11) is 1.71. The number of ether oxygens (including phenoxy) is 1. The van der Waals surface area contributed by atoms with Gasteiger partial charge in [0, 0.05) is 37.3 Å². The molecule has 0 bridgehead atoms. The summed E-state index contributed by atoms with van der Waals surface area (Å²) in [6, 6.07) is 4.89. The number of aromatic nitrogens is 2. The number of urea groups is 1. The van der Waals surface area contributed by atoms with Gasteiger partial charge in [-0.1, -0.05) is 11.8 Å². The summed E-state index contributed by atoms with van der Waals surface area (Å²) in [6.45, 7) is 3.03. The first-order chi connectivity index (χ1) is 12.5. The van der Waals surface area contributed by atoms with E-state index in [4.69, 9.17) is 4.74 Å². The number of thioether (sulfide) groups is 1. The first-order valence-corrected chi connectivity index (χ1v) is 9.32. The third-order valence-corrected chi connectivity index (χ3v) is 5.32. The Labute approximate surface area is 154 Å². The van der Waals surface area contributed by atoms with Crippen molar-refractivity contribution in [2.24, 2.45) is 0 Å². The second-order valence-corrected chi connectivity index (χ2v) is 7.27. The molecule has 0 saturated heterocycles. The van der Waals surface area contributed by atoms with E-state index < -0.39 is 6.10 Å². The Balaban J connectivity index is 1.38. The fraction of sp³-hybridized carbons (Fsp3) is 0.353. The van der Waals surface area contributed by atoms with E-state index in [-0.39, 0.29) is 11.9 Å². The topological polar surface area (TPSA) is 88.5 Å². The molecule has 0 radical (unpaired) electrons. The minimum Gasteiger partial charge on any atom is -0.479 e. The number of amides is 3. The Morgan fingerprint density at radius 1 is 1.46 bits per heavy atom. The maximum atomic E-state index is 12.1. The van der Waals surface area contributed by atoms with Crippen LogP contribution in [-0.2, 0) is 17.9 Å². The standard InChI is InChI=1S/C17H19N5O3S/c1-10-15(23)21(2)13-4-3-11(7-14(13)25-10)19-16(24)18-8-12-9-22-5-6-26-17(22)20-12/h3-4,7,9-10H,5-6,8H2,1-2H3,(H2,18,19,24)/t10-/m1/s1. The van der Waals surface area contributed by atoms with Gasteiger partial charge in [-0.15, -0.1) is 0 Å². The number of imidazole rings is 1. The minimum absolute atomic E-state index is 0.0962. The number of aryl methyl sites for hydroxylation is 1. The van der Waals surface area contributed by atoms with Gasteiger partial charge in [0.25, 0.3) is 5.91 Å². The molecule has 1 atom stereocenters. The van der Waals surface area contributed by atoms with Gasteiger partial charge in [0.1, 0.15) is 5.75 Å². The van der Waals surface area contributed by atoms with Crippen LogP contribution in [-0.4, -0.2) is 40.4 Å². The van der Waals surface area contributed by atoms with Crippen molar-refractivity contribution in [3.05, 3.63) is 30.1 Å². The van der Waals surface area contributed by atoms with Crippen molar-refractivity contribution < 1.29 is 14.3 Å². The van der Waals surface area contributed by atoms with Gasteiger partial charge in [-0.05, 0) is 19.1 Å². The van der Waals surface area contributed by atoms with Gasteiger partial charge in [0.05, 0.1) is 17.9 Å². The number of fused-ring (bicyclic) bond motifs is 2. The maximum absolute atomic E-state index is 12.1. The molecule has 0 unspecified atom stereocenters. The number of nitrogens with zero attached hydrogens (tertiary/aromatic N) is 3. The summed E-state index contributed by atoms with van der Waals surface area (Å²) in [5, 5.41) is 6.58. The summed E-state index contributed by atoms with van der Waals surface area (Å²) in [4.78, 5) is 30.1. The van der Waals surface area contributed by atoms with Gasteiger partial charge in [0.15, 0.2) is 11.3 Å². The summed E-state index contributed by atoms with van der Waals surface area (Å²) in [5.41, 5.74) is 2.12. The zero-order valence-electron chi connectivity index (χ0n) is 14.5. The van der Waals surface area contributed by atoms with Gasteiger partial charge in [-0.2, -0.15) is 0 Å². The van der Waals surface area contributed by atoms with Crippen molar-refractivity contribution in [3.63, 3.8) is 0 Å². The van der Waals surface area contributed by atoms with E-state index in [1.165, 1.54) is 0 Å². The van der Waals surface area contributed by atoms with Crippen LogP contribution in [0.4, 0.5) is 16.2 Å². The minimum atomic E-state index is -0.544. The molecule has 9 heteroatoms. The third-order valence-electron chi connectivity index (χ3n) is 4.34. The monoisotopic (exact) mass is 373 g/mol. The molecule has 0 aliphatic carbocycles. The molecule has 1 aromatic heterocycles. The third kappa shape index (κ3) is 3.10. The molecule has 2 N–H and O–H groups in total. The molecule has 3 heterocycles. The van der Waals surface area contributed by atoms with Gasteiger partial charge in [-0.3, -0.25) is 4.79 Å². The molecule has 2 aromatic rings. The first kappa shape index (κ1) is 16.8. The van der Waals surface area contributed by atoms with Crippen molar-refractivity contribution in [1.82, 2.24) is 14.9 Å². The Bertz CT molecular complexity index is 860. The zero-order chi connectivity index (χ0) is 18.3. The number of anilines is 2. The van der Waals surface area contributed by atoms with E-state index in [1.807, 2.05) is 6.20 Å². The first-order valence-electron chi connectivity index (χ1n) is 8.33. The quantitative estimate of drug-likeness (QED) is 0.860. The predicted molar refractivity (Wildman–Crippen MR) is 98.8 cm³/mol. The average molecular weight is 373 g/mol. The molecular weight excluding hydrogens is 354 g/mol. The number of rotatable bonds is 3. The number of hydrogen-bond donors (Lipinski definition) is 2. The summed E-state index contributed by atoms with van der Waals surface area (Å²) < 4.78 is 7.72. The van der Waals surface area contributed by atoms with Crippen LogP contribution in [0.15, 0.2) is 29.6 Å². The van der Waals surface area contributed by atoms with Gasteiger partial charge in [-0.25, -0.2) is 9.78 Å². The molecule has 136 valence electrons. The fourth-order valence-electron chi connectivity index (χ4n) is 2.99. The van der Waals surface area contributed by atoms with Crippen LogP contribution in [0, 0.1) is 0 Å². The molecule has 26 heavy (non-hydrogen) atoms. The van der Waals surface area contributed by atoms with Crippen LogP contribution in [0.25, 0.3) is 0 Å². The van der Waals surface area contributed by atoms with Crippen molar-refractivity contribution in [1.29, 1.82) is 0 Å². The van der Waals surface area contributed by atoms with Crippen LogP contribution >= 0.6 is 11.8 Å². The number of hydrogen-bond acceptors (Lipinski definition) is 5. The van der Waals surface area contributed by atoms with E-state index >= 15 is 0 Å². The zero-order valence-corrected chi connectivity index (χ0v) is 15.3. The number of carbonyl (C=O) groups excluding carboxylic acids is 2. The highest BCUT2D eigenvalue weighted by atomic mass is 32.2. The molecular formula is C17H19N5O3S. The molecule has 2 aliphatic rings. The van der Waals surface area contributed by atoms with Crippen LogP contribution in [0.1, 0.15) is 12.6 Å². The lowest BCUT2D eigenvalue weighted by Crippen LogP contribution is -2.42. The molecule has 0 fully saturated rings. The Kier molecular flexibility index (Phi) is 4.23. The lowest BCUT2D eigenvalue weighted by molar-refractivity contribution is -0.125. The molecule has 2 aliphatic heterocycles. The predicted octanol–water partition coefficient (Wildman–Crippen LogP) is 2.05. The van der Waals surface area contributed by atoms with Crippen molar-refractivity contribution in [2.75, 3.05) is 23.0 Å². The van der Waals surface area contributed by atoms with Crippen molar-refractivity contribution in [3.8, 4) is 5.75 Å². The summed E-state index contributed by atoms with van der Waals surface area (Å²) in [5.74, 6) is 1.53. The van der Waals surface area contributed by atoms with E-state index in [0.717, 1.165) is 23.1 Å². The normalized spacial score (nSPS) is 18.2. The average Bonchev–Trinajstić information content (AvgIpc) is 3.19. The largest absolute Gasteiger partial charge is 0.479 e. The van der Waals surface area contributed by atoms with Crippen molar-refractivity contribution >= 4 is 35.1 Å². The lowest BCUT2D eigenvalue weighted by Gasteiger charge is -2.30. The van der Waals surface area contributed by atoms with Gasteiger partial charge < -0.3 is 24.8 Å². The van der Waals surface area contributed by atoms with Crippen LogP contribution in [0.5, 0.6) is 5.75 Å². The Morgan fingerprint density at radius 2 is 2.31 bits per heavy atom. The fourth-order valence-corrected chi connectivity index (χ4v) is 3.95. The van der Waals surface area contributed by atoms with E-state index in [1.54, 1.807) is 48.8 Å². The number of likely N-dealkylation sites (N-methyl/N-ethyl adjacent to an activating group) is 1. The Hall–Kier alpha value is -2.68. The molecule has 1 aromatic carbocycles. The van der Waals surface area contributed by atoms with Gasteiger partial charge in [0.2, 0.25) is 0 Å². The van der Waals surface area contributed by atoms with Gasteiger partial charge >= 0.3 is 6.03 Å². The highest BCUT2D eigenvalue weighted by Gasteiger charge is 2.29. The summed E-state index contributed by atoms with van der Waals surface area (Å²) >= 11 is 1.72. The van der Waals surface area contributed by atoms with E-state index in [9.17, 15) is 9.59 Å². The molecule has 0 spiro atoms. The lowest BCUT2D eigenvalue weighted by atomic mass is 10.2. The summed E-state index contributed by atoms with van der Waals surface area (Å²) in [6.07, 6.45) is 1.42. The van der Waals surface area contributed by atoms with Crippen LogP contribution in [0.3, 0.4) is 0 Å². The second-order valence-electron chi connectivity index (χ2n) is 6.20. The van der Waals surface area contributed by atoms with Crippen LogP contribution < -0.4 is 20.3 Å².